The highest BCUT2D eigenvalue weighted by Gasteiger charge is 2.19. The summed E-state index contributed by atoms with van der Waals surface area (Å²) in [4.78, 5) is 58.0. The fourth-order valence-electron chi connectivity index (χ4n) is 6.09. The molecule has 0 aliphatic heterocycles. The summed E-state index contributed by atoms with van der Waals surface area (Å²) >= 11 is 0. The number of rotatable bonds is 31. The van der Waals surface area contributed by atoms with Crippen molar-refractivity contribution < 1.29 is 28.9 Å². The third kappa shape index (κ3) is 20.4. The molecule has 0 heterocycles. The zero-order valence-corrected chi connectivity index (χ0v) is 33.7. The van der Waals surface area contributed by atoms with Gasteiger partial charge in [-0.15, -0.1) is 0 Å². The molecule has 0 aliphatic rings. The maximum Gasteiger partial charge on any atom is 0.246 e. The molecule has 0 aliphatic carbocycles. The van der Waals surface area contributed by atoms with E-state index in [1.807, 2.05) is 91.0 Å². The van der Waals surface area contributed by atoms with Crippen LogP contribution in [0.3, 0.4) is 0 Å². The number of hydroxylamine groups is 6. The zero-order valence-electron chi connectivity index (χ0n) is 33.7. The Bertz CT molecular complexity index is 1520. The van der Waals surface area contributed by atoms with Gasteiger partial charge in [-0.3, -0.25) is 28.9 Å². The molecule has 0 N–H and O–H groups in total. The van der Waals surface area contributed by atoms with E-state index in [-0.39, 0.29) is 43.8 Å². The Labute approximate surface area is 335 Å². The Morgan fingerprint density at radius 2 is 0.786 bits per heavy atom. The summed E-state index contributed by atoms with van der Waals surface area (Å²) in [5.74, 6) is -0.278. The molecule has 56 heavy (non-hydrogen) atoms. The van der Waals surface area contributed by atoms with Crippen LogP contribution in [-0.4, -0.2) is 52.5 Å². The molecule has 3 aromatic rings. The quantitative estimate of drug-likeness (QED) is 0.0473. The lowest BCUT2D eigenvalue weighted by molar-refractivity contribution is -0.194. The number of amides is 3. The summed E-state index contributed by atoms with van der Waals surface area (Å²) in [5.41, 5.74) is 2.91. The predicted molar refractivity (Wildman–Crippen MR) is 219 cm³/mol. The lowest BCUT2D eigenvalue weighted by Crippen LogP contribution is -2.34. The van der Waals surface area contributed by atoms with Crippen LogP contribution in [0.25, 0.3) is 0 Å². The van der Waals surface area contributed by atoms with Gasteiger partial charge in [-0.05, 0) is 61.6 Å². The molecule has 10 heteroatoms. The first-order chi connectivity index (χ1) is 27.5. The number of benzene rings is 3. The van der Waals surface area contributed by atoms with E-state index in [1.54, 1.807) is 0 Å². The minimum atomic E-state index is -0.135. The van der Waals surface area contributed by atoms with Gasteiger partial charge in [-0.25, -0.2) is 15.2 Å². The van der Waals surface area contributed by atoms with Gasteiger partial charge in [0.1, 0.15) is 19.8 Å². The number of nitriles is 1. The van der Waals surface area contributed by atoms with Crippen molar-refractivity contribution in [1.82, 2.24) is 15.2 Å². The summed E-state index contributed by atoms with van der Waals surface area (Å²) in [6.07, 6.45) is 13.0. The zero-order chi connectivity index (χ0) is 39.9. The highest BCUT2D eigenvalue weighted by molar-refractivity contribution is 5.76. The van der Waals surface area contributed by atoms with Crippen molar-refractivity contribution in [1.29, 1.82) is 5.26 Å². The summed E-state index contributed by atoms with van der Waals surface area (Å²) in [7, 11) is 0. The largest absolute Gasteiger partial charge is 0.273 e. The normalized spacial score (nSPS) is 10.9. The molecule has 0 saturated heterocycles. The van der Waals surface area contributed by atoms with Gasteiger partial charge in [-0.2, -0.15) is 5.26 Å². The Morgan fingerprint density at radius 1 is 0.464 bits per heavy atom. The van der Waals surface area contributed by atoms with Crippen molar-refractivity contribution in [3.05, 3.63) is 108 Å². The maximum atomic E-state index is 13.5. The molecule has 0 atom stereocenters. The van der Waals surface area contributed by atoms with Crippen molar-refractivity contribution in [2.75, 3.05) is 19.6 Å². The van der Waals surface area contributed by atoms with E-state index in [9.17, 15) is 14.4 Å². The monoisotopic (exact) mass is 768 g/mol. The Kier molecular flexibility index (Phi) is 24.3. The highest BCUT2D eigenvalue weighted by atomic mass is 16.7. The molecule has 3 aromatic carbocycles. The van der Waals surface area contributed by atoms with Gasteiger partial charge in [0.15, 0.2) is 0 Å². The molecule has 304 valence electrons. The van der Waals surface area contributed by atoms with Gasteiger partial charge >= 0.3 is 0 Å². The van der Waals surface area contributed by atoms with Crippen LogP contribution in [0.2, 0.25) is 0 Å². The number of hydrogen-bond acceptors (Lipinski definition) is 7. The molecule has 0 bridgehead atoms. The minimum Gasteiger partial charge on any atom is -0.273 e. The molecule has 0 unspecified atom stereocenters. The van der Waals surface area contributed by atoms with Gasteiger partial charge in [0.05, 0.1) is 6.07 Å². The fraction of sp³-hybridized carbons (Fsp3) is 0.522. The number of unbranched alkanes of at least 4 members (excludes halogenated alkanes) is 10. The third-order valence-corrected chi connectivity index (χ3v) is 9.42. The van der Waals surface area contributed by atoms with E-state index >= 15 is 0 Å². The molecular weight excluding hydrogens is 705 g/mol. The molecule has 3 amide bonds. The predicted octanol–water partition coefficient (Wildman–Crippen LogP) is 10.0. The summed E-state index contributed by atoms with van der Waals surface area (Å²) in [5, 5.41) is 13.3. The van der Waals surface area contributed by atoms with Crippen LogP contribution in [0.4, 0.5) is 0 Å². The second kappa shape index (κ2) is 29.7. The van der Waals surface area contributed by atoms with Crippen molar-refractivity contribution >= 4 is 17.7 Å². The highest BCUT2D eigenvalue weighted by Crippen LogP contribution is 2.15. The molecule has 10 nitrogen and oxygen atoms in total. The molecule has 0 radical (unpaired) electrons. The first kappa shape index (κ1) is 45.8. The van der Waals surface area contributed by atoms with Gasteiger partial charge < -0.3 is 0 Å². The van der Waals surface area contributed by atoms with Crippen molar-refractivity contribution in [3.63, 3.8) is 0 Å². The van der Waals surface area contributed by atoms with Gasteiger partial charge in [0.25, 0.3) is 0 Å². The van der Waals surface area contributed by atoms with Crippen LogP contribution in [0.1, 0.15) is 133 Å². The van der Waals surface area contributed by atoms with Crippen molar-refractivity contribution in [2.24, 2.45) is 0 Å². The average molecular weight is 769 g/mol. The molecule has 0 spiro atoms. The lowest BCUT2D eigenvalue weighted by atomic mass is 10.1. The molecule has 0 saturated carbocycles. The number of nitrogens with zero attached hydrogens (tertiary/aromatic N) is 4. The molecule has 3 rings (SSSR count). The van der Waals surface area contributed by atoms with E-state index in [0.717, 1.165) is 36.0 Å². The van der Waals surface area contributed by atoms with Crippen LogP contribution in [0.5, 0.6) is 0 Å². The standard InChI is InChI=1S/C46H64N4O6/c1-2-3-4-5-6-7-18-31-44(51)49(55-39-42-27-14-9-15-28-42)36-23-20-33-46(53)50(56-40-43-29-16-10-17-30-43)37-24-19-32-45(52)48(35-22-11-21-34-47)54-38-41-25-12-8-13-26-41/h8-10,12-17,25-30H,2-7,11,18-24,31-33,35-40H2,1H3. The summed E-state index contributed by atoms with van der Waals surface area (Å²) in [6.45, 7) is 4.22. The van der Waals surface area contributed by atoms with Crippen LogP contribution in [0, 0.1) is 11.3 Å². The fourth-order valence-corrected chi connectivity index (χ4v) is 6.09. The Morgan fingerprint density at radius 3 is 1.14 bits per heavy atom. The SMILES string of the molecule is CCCCCCCCCC(=O)N(CCCCC(=O)N(CCCCC(=O)N(CCCCC#N)OCc1ccccc1)OCc1ccccc1)OCc1ccccc1. The van der Waals surface area contributed by atoms with E-state index in [2.05, 4.69) is 13.0 Å². The Balaban J connectivity index is 1.50. The second-order valence-electron chi connectivity index (χ2n) is 14.2. The van der Waals surface area contributed by atoms with E-state index < -0.39 is 0 Å². The smallest absolute Gasteiger partial charge is 0.246 e. The maximum absolute atomic E-state index is 13.5. The number of carbonyl (C=O) groups excluding carboxylic acids is 3. The van der Waals surface area contributed by atoms with Gasteiger partial charge in [0.2, 0.25) is 17.7 Å². The van der Waals surface area contributed by atoms with Crippen LogP contribution >= 0.6 is 0 Å². The average Bonchev–Trinajstić information content (AvgIpc) is 3.23. The Hall–Kier alpha value is -4.56. The van der Waals surface area contributed by atoms with Crippen molar-refractivity contribution in [2.45, 2.75) is 136 Å². The second-order valence-corrected chi connectivity index (χ2v) is 14.2. The summed E-state index contributed by atoms with van der Waals surface area (Å²) < 4.78 is 0. The molecule has 0 fully saturated rings. The topological polar surface area (TPSA) is 112 Å². The lowest BCUT2D eigenvalue weighted by Gasteiger charge is -2.24. The molecular formula is C46H64N4O6. The van der Waals surface area contributed by atoms with E-state index in [1.165, 1.54) is 40.9 Å². The van der Waals surface area contributed by atoms with Crippen molar-refractivity contribution in [3.8, 4) is 6.07 Å². The number of carbonyl (C=O) groups is 3. The van der Waals surface area contributed by atoms with Gasteiger partial charge in [-0.1, -0.05) is 136 Å². The summed E-state index contributed by atoms with van der Waals surface area (Å²) in [6, 6.07) is 31.4. The molecule has 0 aromatic heterocycles. The number of hydrogen-bond donors (Lipinski definition) is 0. The van der Waals surface area contributed by atoms with Crippen LogP contribution in [-0.2, 0) is 48.7 Å². The van der Waals surface area contributed by atoms with Crippen LogP contribution < -0.4 is 0 Å². The first-order valence-electron chi connectivity index (χ1n) is 20.8. The third-order valence-electron chi connectivity index (χ3n) is 9.42. The van der Waals surface area contributed by atoms with Crippen LogP contribution in [0.15, 0.2) is 91.0 Å². The van der Waals surface area contributed by atoms with E-state index in [0.29, 0.717) is 77.6 Å². The minimum absolute atomic E-state index is 0.0191. The van der Waals surface area contributed by atoms with E-state index in [4.69, 9.17) is 19.8 Å². The first-order valence-corrected chi connectivity index (χ1v) is 20.8. The van der Waals surface area contributed by atoms with Gasteiger partial charge in [0, 0.05) is 45.3 Å².